The van der Waals surface area contributed by atoms with Crippen molar-refractivity contribution in [3.05, 3.63) is 52.5 Å². The van der Waals surface area contributed by atoms with E-state index in [2.05, 4.69) is 40.8 Å². The summed E-state index contributed by atoms with van der Waals surface area (Å²) in [6.07, 6.45) is 3.76. The topological polar surface area (TPSA) is 24.9 Å². The van der Waals surface area contributed by atoms with E-state index in [1.165, 1.54) is 19.8 Å². The molecule has 3 rings (SSSR count). The normalized spacial score (nSPS) is 12.9. The highest BCUT2D eigenvalue weighted by atomic mass is 32.1. The Kier molecular flexibility index (Phi) is 3.41. The highest BCUT2D eigenvalue weighted by Crippen LogP contribution is 2.35. The summed E-state index contributed by atoms with van der Waals surface area (Å²) in [6.45, 7) is 3.09. The number of nitrogens with one attached hydrogen (secondary N) is 1. The maximum atomic E-state index is 4.22. The molecule has 0 fully saturated rings. The predicted octanol–water partition coefficient (Wildman–Crippen LogP) is 4.06. The van der Waals surface area contributed by atoms with Crippen molar-refractivity contribution in [1.29, 1.82) is 0 Å². The van der Waals surface area contributed by atoms with E-state index in [4.69, 9.17) is 0 Å². The van der Waals surface area contributed by atoms with E-state index in [-0.39, 0.29) is 6.04 Å². The summed E-state index contributed by atoms with van der Waals surface area (Å²) in [5, 5.41) is 5.69. The van der Waals surface area contributed by atoms with Gasteiger partial charge in [-0.25, -0.2) is 0 Å². The van der Waals surface area contributed by atoms with Crippen LogP contribution in [0.25, 0.3) is 9.40 Å². The second kappa shape index (κ2) is 5.18. The lowest BCUT2D eigenvalue weighted by molar-refractivity contribution is 0.638. The van der Waals surface area contributed by atoms with Crippen molar-refractivity contribution < 1.29 is 0 Å². The molecular formula is C14H14N2S2. The Morgan fingerprint density at radius 1 is 1.33 bits per heavy atom. The molecule has 0 radical (unpaired) electrons. The van der Waals surface area contributed by atoms with Crippen LogP contribution in [0.2, 0.25) is 0 Å². The SMILES string of the molecule is CCNC(c1cccnc1)c1cc2sccc2s1. The molecule has 1 atom stereocenters. The summed E-state index contributed by atoms with van der Waals surface area (Å²) in [5.41, 5.74) is 1.23. The van der Waals surface area contributed by atoms with Crippen molar-refractivity contribution in [1.82, 2.24) is 10.3 Å². The highest BCUT2D eigenvalue weighted by molar-refractivity contribution is 7.27. The van der Waals surface area contributed by atoms with Crippen LogP contribution in [0.4, 0.5) is 0 Å². The molecule has 92 valence electrons. The van der Waals surface area contributed by atoms with Gasteiger partial charge in [-0.05, 0) is 35.7 Å². The fraction of sp³-hybridized carbons (Fsp3) is 0.214. The van der Waals surface area contributed by atoms with Crippen LogP contribution in [0.3, 0.4) is 0 Å². The Labute approximate surface area is 114 Å². The average molecular weight is 274 g/mol. The Morgan fingerprint density at radius 2 is 2.28 bits per heavy atom. The average Bonchev–Trinajstić information content (AvgIpc) is 2.97. The maximum absolute atomic E-state index is 4.22. The second-order valence-electron chi connectivity index (χ2n) is 4.07. The van der Waals surface area contributed by atoms with Gasteiger partial charge in [0.1, 0.15) is 0 Å². The van der Waals surface area contributed by atoms with Gasteiger partial charge in [0.2, 0.25) is 0 Å². The molecule has 0 aliphatic rings. The fourth-order valence-corrected chi connectivity index (χ4v) is 4.28. The molecule has 0 amide bonds. The van der Waals surface area contributed by atoms with Crippen LogP contribution >= 0.6 is 22.7 Å². The van der Waals surface area contributed by atoms with Gasteiger partial charge in [-0.2, -0.15) is 0 Å². The van der Waals surface area contributed by atoms with Crippen LogP contribution in [0.1, 0.15) is 23.4 Å². The highest BCUT2D eigenvalue weighted by Gasteiger charge is 2.16. The molecule has 0 aromatic carbocycles. The van der Waals surface area contributed by atoms with Gasteiger partial charge in [0.05, 0.1) is 6.04 Å². The van der Waals surface area contributed by atoms with E-state index in [1.54, 1.807) is 11.3 Å². The lowest BCUT2D eigenvalue weighted by Gasteiger charge is -2.16. The second-order valence-corrected chi connectivity index (χ2v) is 6.14. The number of fused-ring (bicyclic) bond motifs is 1. The zero-order valence-corrected chi connectivity index (χ0v) is 11.7. The summed E-state index contributed by atoms with van der Waals surface area (Å²) in [7, 11) is 0. The third-order valence-electron chi connectivity index (χ3n) is 2.87. The molecule has 3 aromatic rings. The Hall–Kier alpha value is -1.23. The van der Waals surface area contributed by atoms with Crippen molar-refractivity contribution in [2.45, 2.75) is 13.0 Å². The molecule has 0 saturated heterocycles. The monoisotopic (exact) mass is 274 g/mol. The van der Waals surface area contributed by atoms with Crippen LogP contribution in [0, 0.1) is 0 Å². The van der Waals surface area contributed by atoms with Crippen molar-refractivity contribution in [2.24, 2.45) is 0 Å². The maximum Gasteiger partial charge on any atom is 0.0686 e. The molecule has 2 nitrogen and oxygen atoms in total. The number of hydrogen-bond acceptors (Lipinski definition) is 4. The van der Waals surface area contributed by atoms with Crippen molar-refractivity contribution >= 4 is 32.1 Å². The van der Waals surface area contributed by atoms with Crippen LogP contribution in [0.15, 0.2) is 42.0 Å². The Morgan fingerprint density at radius 3 is 3.00 bits per heavy atom. The van der Waals surface area contributed by atoms with Crippen LogP contribution in [-0.4, -0.2) is 11.5 Å². The summed E-state index contributed by atoms with van der Waals surface area (Å²) in [4.78, 5) is 5.59. The molecule has 4 heteroatoms. The minimum absolute atomic E-state index is 0.258. The number of aromatic nitrogens is 1. The van der Waals surface area contributed by atoms with Gasteiger partial charge in [0.25, 0.3) is 0 Å². The number of rotatable bonds is 4. The lowest BCUT2D eigenvalue weighted by Crippen LogP contribution is -2.21. The minimum atomic E-state index is 0.258. The molecule has 0 bridgehead atoms. The Bertz CT molecular complexity index is 599. The number of hydrogen-bond donors (Lipinski definition) is 1. The minimum Gasteiger partial charge on any atom is -0.306 e. The van der Waals surface area contributed by atoms with Crippen LogP contribution in [-0.2, 0) is 0 Å². The first-order valence-corrected chi connectivity index (χ1v) is 7.68. The van der Waals surface area contributed by atoms with Gasteiger partial charge in [-0.1, -0.05) is 13.0 Å². The predicted molar refractivity (Wildman–Crippen MR) is 79.5 cm³/mol. The van der Waals surface area contributed by atoms with Crippen molar-refractivity contribution in [3.63, 3.8) is 0 Å². The van der Waals surface area contributed by atoms with Crippen LogP contribution in [0.5, 0.6) is 0 Å². The van der Waals surface area contributed by atoms with Gasteiger partial charge < -0.3 is 5.32 Å². The Balaban J connectivity index is 2.01. The first-order chi connectivity index (χ1) is 8.88. The van der Waals surface area contributed by atoms with E-state index in [9.17, 15) is 0 Å². The molecule has 0 aliphatic heterocycles. The molecule has 3 aromatic heterocycles. The quantitative estimate of drug-likeness (QED) is 0.776. The van der Waals surface area contributed by atoms with Gasteiger partial charge >= 0.3 is 0 Å². The molecule has 0 saturated carbocycles. The molecular weight excluding hydrogens is 260 g/mol. The third-order valence-corrected chi connectivity index (χ3v) is 5.03. The summed E-state index contributed by atoms with van der Waals surface area (Å²) >= 11 is 3.67. The third kappa shape index (κ3) is 2.19. The smallest absolute Gasteiger partial charge is 0.0686 e. The zero-order valence-electron chi connectivity index (χ0n) is 10.1. The van der Waals surface area contributed by atoms with E-state index in [1.807, 2.05) is 29.8 Å². The van der Waals surface area contributed by atoms with Gasteiger partial charge in [-0.15, -0.1) is 22.7 Å². The standard InChI is InChI=1S/C14H14N2S2/c1-2-16-14(10-4-3-6-15-9-10)13-8-12-11(18-13)5-7-17-12/h3-9,14,16H,2H2,1H3. The molecule has 0 aliphatic carbocycles. The van der Waals surface area contributed by atoms with Gasteiger partial charge in [-0.3, -0.25) is 4.98 Å². The number of nitrogens with zero attached hydrogens (tertiary/aromatic N) is 1. The first-order valence-electron chi connectivity index (χ1n) is 5.98. The molecule has 0 spiro atoms. The number of thiophene rings is 2. The fourth-order valence-electron chi connectivity index (χ4n) is 2.06. The van der Waals surface area contributed by atoms with E-state index in [0.29, 0.717) is 0 Å². The van der Waals surface area contributed by atoms with Crippen LogP contribution < -0.4 is 5.32 Å². The van der Waals surface area contributed by atoms with Crippen molar-refractivity contribution in [3.8, 4) is 0 Å². The van der Waals surface area contributed by atoms with Gasteiger partial charge in [0.15, 0.2) is 0 Å². The molecule has 3 heterocycles. The van der Waals surface area contributed by atoms with Crippen molar-refractivity contribution in [2.75, 3.05) is 6.54 Å². The number of pyridine rings is 1. The molecule has 1 unspecified atom stereocenters. The zero-order chi connectivity index (χ0) is 12.4. The largest absolute Gasteiger partial charge is 0.306 e. The lowest BCUT2D eigenvalue weighted by atomic mass is 10.1. The summed E-state index contributed by atoms with van der Waals surface area (Å²) in [6, 6.07) is 8.88. The first kappa shape index (κ1) is 11.8. The molecule has 1 N–H and O–H groups in total. The molecule has 18 heavy (non-hydrogen) atoms. The van der Waals surface area contributed by atoms with E-state index in [0.717, 1.165) is 6.54 Å². The van der Waals surface area contributed by atoms with Gasteiger partial charge in [0, 0.05) is 26.7 Å². The van der Waals surface area contributed by atoms with E-state index >= 15 is 0 Å². The summed E-state index contributed by atoms with van der Waals surface area (Å²) < 4.78 is 2.75. The van der Waals surface area contributed by atoms with E-state index < -0.39 is 0 Å². The summed E-state index contributed by atoms with van der Waals surface area (Å²) in [5.74, 6) is 0.